The van der Waals surface area contributed by atoms with Crippen molar-refractivity contribution in [1.82, 2.24) is 9.78 Å². The Morgan fingerprint density at radius 1 is 1.23 bits per heavy atom. The summed E-state index contributed by atoms with van der Waals surface area (Å²) in [7, 11) is 0. The normalized spacial score (nSPS) is 10.7. The van der Waals surface area contributed by atoms with E-state index in [2.05, 4.69) is 5.10 Å². The van der Waals surface area contributed by atoms with Gasteiger partial charge in [0.15, 0.2) is 11.3 Å². The highest BCUT2D eigenvalue weighted by atomic mass is 32.1. The van der Waals surface area contributed by atoms with Crippen LogP contribution in [0.5, 0.6) is 5.75 Å². The highest BCUT2D eigenvalue weighted by Crippen LogP contribution is 2.33. The van der Waals surface area contributed by atoms with Crippen molar-refractivity contribution in [2.24, 2.45) is 0 Å². The van der Waals surface area contributed by atoms with Gasteiger partial charge in [0.05, 0.1) is 18.0 Å². The lowest BCUT2D eigenvalue weighted by Gasteiger charge is -2.12. The Bertz CT molecular complexity index is 993. The average Bonchev–Trinajstić information content (AvgIpc) is 3.05. The Labute approximate surface area is 154 Å². The molecule has 134 valence electrons. The van der Waals surface area contributed by atoms with E-state index >= 15 is 0 Å². The molecule has 1 N–H and O–H groups in total. The summed E-state index contributed by atoms with van der Waals surface area (Å²) in [5, 5.41) is 14.9. The van der Waals surface area contributed by atoms with Gasteiger partial charge >= 0.3 is 5.97 Å². The fourth-order valence-electron chi connectivity index (χ4n) is 2.54. The van der Waals surface area contributed by atoms with E-state index in [1.54, 1.807) is 13.0 Å². The molecule has 0 saturated heterocycles. The maximum atomic E-state index is 12.7. The molecule has 6 nitrogen and oxygen atoms in total. The number of aryl methyl sites for hydroxylation is 1. The van der Waals surface area contributed by atoms with Crippen LogP contribution in [0.25, 0.3) is 10.6 Å². The van der Waals surface area contributed by atoms with Gasteiger partial charge in [0, 0.05) is 4.88 Å². The molecule has 0 radical (unpaired) electrons. The summed E-state index contributed by atoms with van der Waals surface area (Å²) >= 11 is 1.42. The van der Waals surface area contributed by atoms with Gasteiger partial charge in [-0.15, -0.1) is 11.3 Å². The van der Waals surface area contributed by atoms with Gasteiger partial charge in [-0.25, -0.2) is 9.48 Å². The summed E-state index contributed by atoms with van der Waals surface area (Å²) in [6.07, 6.45) is 0. The van der Waals surface area contributed by atoms with E-state index in [0.717, 1.165) is 10.4 Å². The molecule has 0 bridgehead atoms. The largest absolute Gasteiger partial charge is 0.505 e. The topological polar surface area (TPSA) is 81.4 Å². The first-order chi connectivity index (χ1) is 12.5. The summed E-state index contributed by atoms with van der Waals surface area (Å²) in [5.41, 5.74) is -0.0155. The lowest BCUT2D eigenvalue weighted by atomic mass is 10.2. The zero-order chi connectivity index (χ0) is 18.7. The Morgan fingerprint density at radius 2 is 1.96 bits per heavy atom. The number of aromatic nitrogens is 2. The number of esters is 1. The second-order valence-corrected chi connectivity index (χ2v) is 6.94. The highest BCUT2D eigenvalue weighted by molar-refractivity contribution is 7.15. The predicted molar refractivity (Wildman–Crippen MR) is 99.7 cm³/mol. The van der Waals surface area contributed by atoms with Crippen LogP contribution in [0.4, 0.5) is 0 Å². The van der Waals surface area contributed by atoms with Gasteiger partial charge in [-0.2, -0.15) is 5.10 Å². The summed E-state index contributed by atoms with van der Waals surface area (Å²) < 4.78 is 6.14. The summed E-state index contributed by atoms with van der Waals surface area (Å²) in [6, 6.07) is 13.0. The van der Waals surface area contributed by atoms with Crippen LogP contribution in [0.3, 0.4) is 0 Å². The van der Waals surface area contributed by atoms with Crippen molar-refractivity contribution in [1.29, 1.82) is 0 Å². The van der Waals surface area contributed by atoms with E-state index in [-0.39, 0.29) is 24.4 Å². The smallest absolute Gasteiger partial charge is 0.347 e. The predicted octanol–water partition coefficient (Wildman–Crippen LogP) is 3.21. The Morgan fingerprint density at radius 3 is 2.58 bits per heavy atom. The first-order valence-corrected chi connectivity index (χ1v) is 8.94. The number of rotatable bonds is 5. The van der Waals surface area contributed by atoms with Gasteiger partial charge in [0.1, 0.15) is 5.69 Å². The van der Waals surface area contributed by atoms with Gasteiger partial charge in [-0.3, -0.25) is 4.79 Å². The van der Waals surface area contributed by atoms with Gasteiger partial charge in [0.2, 0.25) is 0 Å². The Balaban J connectivity index is 2.18. The molecular weight excluding hydrogens is 352 g/mol. The van der Waals surface area contributed by atoms with E-state index in [1.165, 1.54) is 16.0 Å². The molecule has 7 heteroatoms. The molecular formula is C19H18N2O4S. The van der Waals surface area contributed by atoms with Crippen molar-refractivity contribution in [3.63, 3.8) is 0 Å². The third kappa shape index (κ3) is 3.52. The third-order valence-corrected chi connectivity index (χ3v) is 4.77. The van der Waals surface area contributed by atoms with Gasteiger partial charge in [-0.05, 0) is 31.5 Å². The highest BCUT2D eigenvalue weighted by Gasteiger charge is 2.25. The van der Waals surface area contributed by atoms with Crippen molar-refractivity contribution < 1.29 is 14.6 Å². The number of nitrogens with zero attached hydrogens (tertiary/aromatic N) is 2. The van der Waals surface area contributed by atoms with E-state index in [9.17, 15) is 14.7 Å². The third-order valence-electron chi connectivity index (χ3n) is 3.76. The molecule has 3 aromatic rings. The van der Waals surface area contributed by atoms with Crippen LogP contribution in [0, 0.1) is 6.92 Å². The standard InChI is InChI=1S/C19H18N2O4S/c1-3-25-19(24)15-17(22)16(14-10-9-12(2)26-14)20-21(18(15)23)11-13-7-5-4-6-8-13/h4-10,22H,3,11H2,1-2H3. The number of carbonyl (C=O) groups is 1. The van der Waals surface area contributed by atoms with Crippen molar-refractivity contribution in [3.8, 4) is 16.3 Å². The molecule has 0 amide bonds. The van der Waals surface area contributed by atoms with Gasteiger partial charge < -0.3 is 9.84 Å². The van der Waals surface area contributed by atoms with E-state index < -0.39 is 17.3 Å². The summed E-state index contributed by atoms with van der Waals surface area (Å²) in [5.74, 6) is -1.30. The molecule has 0 atom stereocenters. The zero-order valence-electron chi connectivity index (χ0n) is 14.4. The molecule has 0 spiro atoms. The lowest BCUT2D eigenvalue weighted by molar-refractivity contribution is 0.0519. The average molecular weight is 370 g/mol. The molecule has 26 heavy (non-hydrogen) atoms. The van der Waals surface area contributed by atoms with Crippen molar-refractivity contribution in [2.75, 3.05) is 6.61 Å². The number of carbonyl (C=O) groups excluding carboxylic acids is 1. The lowest BCUT2D eigenvalue weighted by Crippen LogP contribution is -2.30. The van der Waals surface area contributed by atoms with Crippen LogP contribution in [0.1, 0.15) is 27.7 Å². The van der Waals surface area contributed by atoms with Crippen molar-refractivity contribution in [2.45, 2.75) is 20.4 Å². The van der Waals surface area contributed by atoms with Crippen LogP contribution in [-0.2, 0) is 11.3 Å². The number of hydrogen-bond acceptors (Lipinski definition) is 6. The number of thiophene rings is 1. The van der Waals surface area contributed by atoms with Crippen molar-refractivity contribution >= 4 is 17.3 Å². The minimum atomic E-state index is -0.853. The minimum Gasteiger partial charge on any atom is -0.505 e. The number of aromatic hydroxyl groups is 1. The van der Waals surface area contributed by atoms with Gasteiger partial charge in [-0.1, -0.05) is 30.3 Å². The number of ether oxygens (including phenoxy) is 1. The minimum absolute atomic E-state index is 0.103. The van der Waals surface area contributed by atoms with Crippen LogP contribution in [0.2, 0.25) is 0 Å². The SMILES string of the molecule is CCOC(=O)c1c(O)c(-c2ccc(C)s2)nn(Cc2ccccc2)c1=O. The molecule has 0 aliphatic carbocycles. The Kier molecular flexibility index (Phi) is 5.18. The van der Waals surface area contributed by atoms with Gasteiger partial charge in [0.25, 0.3) is 5.56 Å². The fourth-order valence-corrected chi connectivity index (χ4v) is 3.39. The van der Waals surface area contributed by atoms with Crippen LogP contribution in [-0.4, -0.2) is 27.5 Å². The molecule has 0 aliphatic heterocycles. The second-order valence-electron chi connectivity index (χ2n) is 5.65. The first-order valence-electron chi connectivity index (χ1n) is 8.13. The Hall–Kier alpha value is -2.93. The van der Waals surface area contributed by atoms with Crippen molar-refractivity contribution in [3.05, 3.63) is 68.8 Å². The molecule has 3 rings (SSSR count). The van der Waals surface area contributed by atoms with Crippen LogP contribution < -0.4 is 5.56 Å². The van der Waals surface area contributed by atoms with Crippen LogP contribution in [0.15, 0.2) is 47.3 Å². The number of hydrogen-bond donors (Lipinski definition) is 1. The molecule has 2 heterocycles. The fraction of sp³-hybridized carbons (Fsp3) is 0.211. The van der Waals surface area contributed by atoms with E-state index in [0.29, 0.717) is 4.88 Å². The maximum Gasteiger partial charge on any atom is 0.347 e. The summed E-state index contributed by atoms with van der Waals surface area (Å²) in [4.78, 5) is 26.7. The quantitative estimate of drug-likeness (QED) is 0.698. The first kappa shape index (κ1) is 17.9. The molecule has 2 aromatic heterocycles. The van der Waals surface area contributed by atoms with E-state index in [1.807, 2.05) is 43.3 Å². The number of benzene rings is 1. The molecule has 0 saturated carbocycles. The van der Waals surface area contributed by atoms with E-state index in [4.69, 9.17) is 4.74 Å². The molecule has 0 aliphatic rings. The monoisotopic (exact) mass is 370 g/mol. The zero-order valence-corrected chi connectivity index (χ0v) is 15.2. The molecule has 1 aromatic carbocycles. The molecule has 0 unspecified atom stereocenters. The van der Waals surface area contributed by atoms with Crippen LogP contribution >= 0.6 is 11.3 Å². The maximum absolute atomic E-state index is 12.7. The molecule has 0 fully saturated rings. The summed E-state index contributed by atoms with van der Waals surface area (Å²) in [6.45, 7) is 3.86. The second kappa shape index (κ2) is 7.53.